The van der Waals surface area contributed by atoms with Gasteiger partial charge >= 0.3 is 11.9 Å². The van der Waals surface area contributed by atoms with E-state index in [2.05, 4.69) is 6.58 Å². The highest BCUT2D eigenvalue weighted by molar-refractivity contribution is 6.06. The van der Waals surface area contributed by atoms with Crippen LogP contribution in [0, 0.1) is 0 Å². The fourth-order valence-electron chi connectivity index (χ4n) is 0.928. The van der Waals surface area contributed by atoms with Crippen LogP contribution in [0.15, 0.2) is 12.7 Å². The van der Waals surface area contributed by atoms with Crippen LogP contribution in [0.2, 0.25) is 0 Å². The molecule has 0 radical (unpaired) electrons. The van der Waals surface area contributed by atoms with Crippen LogP contribution in [-0.4, -0.2) is 49.7 Å². The van der Waals surface area contributed by atoms with Gasteiger partial charge in [0.15, 0.2) is 0 Å². The molecular formula is C7H13NO4Si. The molecule has 0 heterocycles. The molecule has 0 aromatic rings. The lowest BCUT2D eigenvalue weighted by atomic mass is 10.2. The summed E-state index contributed by atoms with van der Waals surface area (Å²) in [7, 11) is 0.503. The van der Waals surface area contributed by atoms with E-state index in [0.717, 1.165) is 0 Å². The first-order valence-electron chi connectivity index (χ1n) is 3.74. The molecule has 0 amide bonds. The Labute approximate surface area is 79.2 Å². The van der Waals surface area contributed by atoms with Crippen molar-refractivity contribution in [1.29, 1.82) is 0 Å². The van der Waals surface area contributed by atoms with Crippen LogP contribution in [0.25, 0.3) is 0 Å². The quantitative estimate of drug-likeness (QED) is 0.414. The van der Waals surface area contributed by atoms with E-state index >= 15 is 0 Å². The molecule has 0 saturated heterocycles. The highest BCUT2D eigenvalue weighted by Crippen LogP contribution is 2.01. The van der Waals surface area contributed by atoms with E-state index in [1.807, 2.05) is 0 Å². The summed E-state index contributed by atoms with van der Waals surface area (Å²) < 4.78 is 1.56. The van der Waals surface area contributed by atoms with Gasteiger partial charge in [0.25, 0.3) is 0 Å². The van der Waals surface area contributed by atoms with Gasteiger partial charge in [-0.2, -0.15) is 0 Å². The number of nitrogens with zero attached hydrogens (tertiary/aromatic N) is 1. The van der Waals surface area contributed by atoms with Gasteiger partial charge in [0.05, 0.1) is 16.8 Å². The van der Waals surface area contributed by atoms with Gasteiger partial charge < -0.3 is 14.8 Å². The Morgan fingerprint density at radius 1 is 1.54 bits per heavy atom. The lowest BCUT2D eigenvalue weighted by molar-refractivity contribution is -0.147. The molecule has 1 atom stereocenters. The largest absolute Gasteiger partial charge is 0.481 e. The molecule has 74 valence electrons. The van der Waals surface area contributed by atoms with E-state index in [1.165, 1.54) is 0 Å². The van der Waals surface area contributed by atoms with Gasteiger partial charge in [-0.3, -0.25) is 9.59 Å². The van der Waals surface area contributed by atoms with Crippen molar-refractivity contribution in [2.45, 2.75) is 12.5 Å². The Hall–Kier alpha value is -1.14. The summed E-state index contributed by atoms with van der Waals surface area (Å²) in [5.41, 5.74) is 0. The second-order valence-electron chi connectivity index (χ2n) is 2.68. The molecule has 0 bridgehead atoms. The fourth-order valence-corrected chi connectivity index (χ4v) is 1.59. The Balaban J connectivity index is 4.31. The number of hydrogen-bond acceptors (Lipinski definition) is 3. The normalized spacial score (nSPS) is 12.7. The topological polar surface area (TPSA) is 77.8 Å². The Kier molecular flexibility index (Phi) is 5.01. The number of aliphatic carboxylic acids is 2. The van der Waals surface area contributed by atoms with Gasteiger partial charge in [-0.15, -0.1) is 6.58 Å². The Morgan fingerprint density at radius 3 is 2.38 bits per heavy atom. The molecule has 0 unspecified atom stereocenters. The van der Waals surface area contributed by atoms with Gasteiger partial charge in [0, 0.05) is 6.54 Å². The summed E-state index contributed by atoms with van der Waals surface area (Å²) in [6, 6.07) is -0.929. The average molecular weight is 203 g/mol. The third-order valence-electron chi connectivity index (χ3n) is 1.60. The van der Waals surface area contributed by atoms with Gasteiger partial charge in [-0.1, -0.05) is 6.08 Å². The van der Waals surface area contributed by atoms with Gasteiger partial charge in [0.2, 0.25) is 0 Å². The van der Waals surface area contributed by atoms with Crippen LogP contribution in [0.1, 0.15) is 6.42 Å². The molecule has 0 aliphatic heterocycles. The summed E-state index contributed by atoms with van der Waals surface area (Å²) in [4.78, 5) is 21.0. The van der Waals surface area contributed by atoms with Gasteiger partial charge in [-0.25, -0.2) is 0 Å². The molecule has 0 aliphatic carbocycles. The van der Waals surface area contributed by atoms with Crippen molar-refractivity contribution in [3.8, 4) is 0 Å². The van der Waals surface area contributed by atoms with Crippen molar-refractivity contribution < 1.29 is 19.8 Å². The molecule has 13 heavy (non-hydrogen) atoms. The minimum atomic E-state index is -1.10. The SMILES string of the molecule is C=CCN([SiH3])[C@@H](CC(=O)O)C(=O)O. The number of carboxylic acids is 2. The average Bonchev–Trinajstić information content (AvgIpc) is 1.99. The zero-order valence-corrected chi connectivity index (χ0v) is 9.43. The molecule has 0 fully saturated rings. The Morgan fingerprint density at radius 2 is 2.08 bits per heavy atom. The highest BCUT2D eigenvalue weighted by Gasteiger charge is 2.23. The van der Waals surface area contributed by atoms with Crippen LogP contribution in [0.4, 0.5) is 0 Å². The van der Waals surface area contributed by atoms with E-state index in [-0.39, 0.29) is 6.42 Å². The van der Waals surface area contributed by atoms with Crippen molar-refractivity contribution in [2.75, 3.05) is 6.54 Å². The molecule has 0 saturated carbocycles. The van der Waals surface area contributed by atoms with Gasteiger partial charge in [0.1, 0.15) is 6.04 Å². The van der Waals surface area contributed by atoms with Crippen LogP contribution >= 0.6 is 0 Å². The molecule has 0 aliphatic rings. The third kappa shape index (κ3) is 4.44. The summed E-state index contributed by atoms with van der Waals surface area (Å²) in [6.07, 6.45) is 1.19. The second kappa shape index (κ2) is 5.49. The summed E-state index contributed by atoms with van der Waals surface area (Å²) in [5, 5.41) is 17.2. The smallest absolute Gasteiger partial charge is 0.320 e. The van der Waals surface area contributed by atoms with Crippen molar-refractivity contribution in [2.24, 2.45) is 0 Å². The summed E-state index contributed by atoms with van der Waals surface area (Å²) in [5.74, 6) is -2.20. The second-order valence-corrected chi connectivity index (χ2v) is 3.83. The third-order valence-corrected chi connectivity index (χ3v) is 2.59. The molecular weight excluding hydrogens is 190 g/mol. The minimum Gasteiger partial charge on any atom is -0.481 e. The van der Waals surface area contributed by atoms with Crippen LogP contribution < -0.4 is 0 Å². The highest BCUT2D eigenvalue weighted by atomic mass is 28.2. The number of rotatable bonds is 6. The van der Waals surface area contributed by atoms with E-state index < -0.39 is 18.0 Å². The van der Waals surface area contributed by atoms with E-state index in [0.29, 0.717) is 16.9 Å². The molecule has 0 spiro atoms. The maximum Gasteiger partial charge on any atom is 0.320 e. The van der Waals surface area contributed by atoms with Crippen molar-refractivity contribution in [1.82, 2.24) is 4.57 Å². The monoisotopic (exact) mass is 203 g/mol. The molecule has 0 aromatic heterocycles. The zero-order chi connectivity index (χ0) is 10.4. The van der Waals surface area contributed by atoms with Gasteiger partial charge in [-0.05, 0) is 0 Å². The first-order valence-corrected chi connectivity index (χ1v) is 4.64. The van der Waals surface area contributed by atoms with Crippen molar-refractivity contribution in [3.63, 3.8) is 0 Å². The predicted molar refractivity (Wildman–Crippen MR) is 50.5 cm³/mol. The molecule has 6 heteroatoms. The Bertz CT molecular complexity index is 219. The number of carbonyl (C=O) groups is 2. The van der Waals surface area contributed by atoms with E-state index in [4.69, 9.17) is 10.2 Å². The lowest BCUT2D eigenvalue weighted by Crippen LogP contribution is -2.41. The van der Waals surface area contributed by atoms with Crippen molar-refractivity contribution >= 4 is 22.3 Å². The lowest BCUT2D eigenvalue weighted by Gasteiger charge is -2.21. The maximum atomic E-state index is 10.6. The standard InChI is InChI=1S/C7H13NO4Si/c1-2-3-8(13)5(7(11)12)4-6(9)10/h2,5H,1,3-4H2,13H3,(H,9,10)(H,11,12)/t5-/m0/s1. The number of carboxylic acid groups (broad SMARTS) is 2. The van der Waals surface area contributed by atoms with E-state index in [1.54, 1.807) is 10.6 Å². The summed E-state index contributed by atoms with van der Waals surface area (Å²) >= 11 is 0. The minimum absolute atomic E-state index is 0.368. The first-order chi connectivity index (χ1) is 5.99. The first kappa shape index (κ1) is 11.9. The maximum absolute atomic E-state index is 10.6. The van der Waals surface area contributed by atoms with Crippen LogP contribution in [0.3, 0.4) is 0 Å². The predicted octanol–water partition coefficient (Wildman–Crippen LogP) is -1.32. The molecule has 0 rings (SSSR count). The van der Waals surface area contributed by atoms with Crippen LogP contribution in [-0.2, 0) is 9.59 Å². The van der Waals surface area contributed by atoms with Crippen LogP contribution in [0.5, 0.6) is 0 Å². The van der Waals surface area contributed by atoms with E-state index in [9.17, 15) is 9.59 Å². The molecule has 2 N–H and O–H groups in total. The van der Waals surface area contributed by atoms with Crippen molar-refractivity contribution in [3.05, 3.63) is 12.7 Å². The number of hydrogen-bond donors (Lipinski definition) is 2. The summed E-state index contributed by atoms with van der Waals surface area (Å²) in [6.45, 7) is 3.87. The fraction of sp³-hybridized carbons (Fsp3) is 0.429. The molecule has 0 aromatic carbocycles. The molecule has 5 nitrogen and oxygen atoms in total. The zero-order valence-electron chi connectivity index (χ0n) is 7.43.